The molecule has 4 bridgehead atoms. The lowest BCUT2D eigenvalue weighted by atomic mass is 9.47. The molecule has 0 radical (unpaired) electrons. The second kappa shape index (κ2) is 3.58. The Balaban J connectivity index is 2.01. The van der Waals surface area contributed by atoms with Gasteiger partial charge in [0.25, 0.3) is 0 Å². The second-order valence-corrected chi connectivity index (χ2v) is 6.82. The van der Waals surface area contributed by atoms with Gasteiger partial charge < -0.3 is 9.84 Å². The molecule has 0 spiro atoms. The molecule has 0 unspecified atom stereocenters. The van der Waals surface area contributed by atoms with Crippen LogP contribution >= 0.6 is 0 Å². The van der Waals surface area contributed by atoms with E-state index in [1.165, 1.54) is 12.8 Å². The molecule has 4 fully saturated rings. The van der Waals surface area contributed by atoms with Crippen LogP contribution in [0.1, 0.15) is 33.6 Å². The van der Waals surface area contributed by atoms with Crippen LogP contribution in [-0.4, -0.2) is 23.9 Å². The fourth-order valence-corrected chi connectivity index (χ4v) is 4.67. The first-order chi connectivity index (χ1) is 7.97. The summed E-state index contributed by atoms with van der Waals surface area (Å²) in [6.45, 7) is 12.0. The molecule has 2 nitrogen and oxygen atoms in total. The van der Waals surface area contributed by atoms with Crippen LogP contribution in [0.2, 0.25) is 0 Å². The van der Waals surface area contributed by atoms with Crippen LogP contribution in [0.25, 0.3) is 0 Å². The molecule has 2 saturated heterocycles. The topological polar surface area (TPSA) is 29.5 Å². The highest BCUT2D eigenvalue weighted by atomic mass is 16.5. The van der Waals surface area contributed by atoms with Crippen molar-refractivity contribution in [3.8, 4) is 0 Å². The first-order valence-electron chi connectivity index (χ1n) is 6.95. The summed E-state index contributed by atoms with van der Waals surface area (Å²) in [6.07, 6.45) is 2.04. The maximum atomic E-state index is 10.5. The molecule has 4 rings (SSSR count). The van der Waals surface area contributed by atoms with Gasteiger partial charge in [-0.1, -0.05) is 27.4 Å². The molecule has 1 N–H and O–H groups in total. The predicted octanol–water partition coefficient (Wildman–Crippen LogP) is 2.62. The zero-order valence-electron chi connectivity index (χ0n) is 11.1. The van der Waals surface area contributed by atoms with Gasteiger partial charge in [0.05, 0.1) is 12.7 Å². The Morgan fingerprint density at radius 1 is 1.47 bits per heavy atom. The average Bonchev–Trinajstić information content (AvgIpc) is 2.28. The zero-order chi connectivity index (χ0) is 12.4. The van der Waals surface area contributed by atoms with Crippen LogP contribution in [-0.2, 0) is 4.74 Å². The van der Waals surface area contributed by atoms with Gasteiger partial charge in [-0.25, -0.2) is 0 Å². The molecule has 2 heterocycles. The molecule has 96 valence electrons. The van der Waals surface area contributed by atoms with Gasteiger partial charge in [-0.2, -0.15) is 0 Å². The molecular weight excluding hydrogens is 212 g/mol. The van der Waals surface area contributed by atoms with Gasteiger partial charge in [0.1, 0.15) is 6.10 Å². The fourth-order valence-electron chi connectivity index (χ4n) is 4.67. The van der Waals surface area contributed by atoms with Crippen molar-refractivity contribution in [1.29, 1.82) is 0 Å². The van der Waals surface area contributed by atoms with Crippen LogP contribution in [0.4, 0.5) is 0 Å². The maximum absolute atomic E-state index is 10.5. The number of aliphatic hydroxyl groups excluding tert-OH is 1. The van der Waals surface area contributed by atoms with Gasteiger partial charge in [-0.05, 0) is 47.5 Å². The summed E-state index contributed by atoms with van der Waals surface area (Å²) in [6, 6.07) is 0. The highest BCUT2D eigenvalue weighted by Crippen LogP contribution is 2.61. The third kappa shape index (κ3) is 1.34. The van der Waals surface area contributed by atoms with E-state index >= 15 is 0 Å². The van der Waals surface area contributed by atoms with Crippen LogP contribution in [0.3, 0.4) is 0 Å². The van der Waals surface area contributed by atoms with Crippen LogP contribution < -0.4 is 0 Å². The van der Waals surface area contributed by atoms with Gasteiger partial charge >= 0.3 is 0 Å². The third-order valence-electron chi connectivity index (χ3n) is 5.87. The lowest BCUT2D eigenvalue weighted by molar-refractivity contribution is -0.218. The Bertz CT molecular complexity index is 349. The molecule has 6 atom stereocenters. The number of hydrogen-bond acceptors (Lipinski definition) is 2. The number of ether oxygens (including phenoxy) is 1. The number of aliphatic hydroxyl groups is 1. The van der Waals surface area contributed by atoms with Gasteiger partial charge in [0, 0.05) is 0 Å². The quantitative estimate of drug-likeness (QED) is 0.709. The number of fused-ring (bicyclic) bond motifs is 1. The van der Waals surface area contributed by atoms with Gasteiger partial charge in [-0.3, -0.25) is 0 Å². The second-order valence-electron chi connectivity index (χ2n) is 6.82. The van der Waals surface area contributed by atoms with Gasteiger partial charge in [-0.15, -0.1) is 0 Å². The molecule has 2 aliphatic heterocycles. The van der Waals surface area contributed by atoms with Crippen molar-refractivity contribution in [2.75, 3.05) is 6.61 Å². The molecule has 17 heavy (non-hydrogen) atoms. The standard InChI is InChI=1S/C15H24O2/c1-8(2)10-5-6-15(4)9(3)14-13(16)12(10)11(15)7-17-14/h8,10-14,16H,3,5-7H2,1-2,4H3/t10-,11+,12+,13-,14+,15+/m1/s1. The van der Waals surface area contributed by atoms with Crippen molar-refractivity contribution in [2.24, 2.45) is 29.1 Å². The number of hydrogen-bond donors (Lipinski definition) is 1. The van der Waals surface area contributed by atoms with E-state index in [0.717, 1.165) is 12.2 Å². The van der Waals surface area contributed by atoms with Gasteiger partial charge in [0.15, 0.2) is 0 Å². The Morgan fingerprint density at radius 3 is 2.82 bits per heavy atom. The Morgan fingerprint density at radius 2 is 2.18 bits per heavy atom. The van der Waals surface area contributed by atoms with Crippen molar-refractivity contribution in [3.63, 3.8) is 0 Å². The minimum absolute atomic E-state index is 0.100. The molecule has 2 saturated carbocycles. The molecule has 2 heteroatoms. The molecular formula is C15H24O2. The summed E-state index contributed by atoms with van der Waals surface area (Å²) in [7, 11) is 0. The third-order valence-corrected chi connectivity index (χ3v) is 5.87. The fraction of sp³-hybridized carbons (Fsp3) is 0.867. The molecule has 2 aliphatic carbocycles. The normalized spacial score (nSPS) is 53.2. The van der Waals surface area contributed by atoms with E-state index in [2.05, 4.69) is 27.4 Å². The predicted molar refractivity (Wildman–Crippen MR) is 67.5 cm³/mol. The van der Waals surface area contributed by atoms with Crippen LogP contribution in [0.5, 0.6) is 0 Å². The Kier molecular flexibility index (Phi) is 2.47. The minimum Gasteiger partial charge on any atom is -0.390 e. The van der Waals surface area contributed by atoms with E-state index in [0.29, 0.717) is 23.7 Å². The van der Waals surface area contributed by atoms with Crippen molar-refractivity contribution >= 4 is 0 Å². The first-order valence-corrected chi connectivity index (χ1v) is 6.95. The monoisotopic (exact) mass is 236 g/mol. The number of rotatable bonds is 1. The van der Waals surface area contributed by atoms with Crippen molar-refractivity contribution in [3.05, 3.63) is 12.2 Å². The van der Waals surface area contributed by atoms with Crippen LogP contribution in [0, 0.1) is 29.1 Å². The van der Waals surface area contributed by atoms with E-state index in [9.17, 15) is 5.11 Å². The SMILES string of the molecule is C=C1[C@@H]2OC[C@H]3[C@@H]([C@H]2O)[C@@H](C(C)C)CC[C@@]13C. The Hall–Kier alpha value is -0.340. The van der Waals surface area contributed by atoms with E-state index in [1.807, 2.05) is 0 Å². The minimum atomic E-state index is -0.318. The summed E-state index contributed by atoms with van der Waals surface area (Å²) in [5.41, 5.74) is 1.37. The smallest absolute Gasteiger partial charge is 0.105 e. The van der Waals surface area contributed by atoms with Crippen molar-refractivity contribution in [2.45, 2.75) is 45.8 Å². The average molecular weight is 236 g/mol. The van der Waals surface area contributed by atoms with E-state index in [1.54, 1.807) is 0 Å². The highest BCUT2D eigenvalue weighted by Gasteiger charge is 2.61. The summed E-state index contributed by atoms with van der Waals surface area (Å²) in [5, 5.41) is 10.5. The Labute approximate surface area is 104 Å². The zero-order valence-corrected chi connectivity index (χ0v) is 11.1. The van der Waals surface area contributed by atoms with E-state index in [4.69, 9.17) is 4.74 Å². The highest BCUT2D eigenvalue weighted by molar-refractivity contribution is 5.28. The molecule has 0 aromatic heterocycles. The van der Waals surface area contributed by atoms with Crippen LogP contribution in [0.15, 0.2) is 12.2 Å². The molecule has 4 aliphatic rings. The van der Waals surface area contributed by atoms with Crippen molar-refractivity contribution < 1.29 is 9.84 Å². The molecule has 0 amide bonds. The summed E-state index contributed by atoms with van der Waals surface area (Å²) < 4.78 is 5.78. The van der Waals surface area contributed by atoms with Crippen molar-refractivity contribution in [1.82, 2.24) is 0 Å². The molecule has 0 aromatic rings. The summed E-state index contributed by atoms with van der Waals surface area (Å²) >= 11 is 0. The first kappa shape index (κ1) is 11.7. The summed E-state index contributed by atoms with van der Waals surface area (Å²) in [5.74, 6) is 2.23. The maximum Gasteiger partial charge on any atom is 0.105 e. The van der Waals surface area contributed by atoms with E-state index < -0.39 is 0 Å². The van der Waals surface area contributed by atoms with E-state index in [-0.39, 0.29) is 17.6 Å². The lowest BCUT2D eigenvalue weighted by Crippen LogP contribution is -2.64. The summed E-state index contributed by atoms with van der Waals surface area (Å²) in [4.78, 5) is 0. The lowest BCUT2D eigenvalue weighted by Gasteiger charge is -2.63. The largest absolute Gasteiger partial charge is 0.390 e. The van der Waals surface area contributed by atoms with Gasteiger partial charge in [0.2, 0.25) is 0 Å². The molecule has 0 aromatic carbocycles.